The molecule has 2 aliphatic rings. The molecular weight excluding hydrogens is 960 g/mol. The Labute approximate surface area is 384 Å². The van der Waals surface area contributed by atoms with E-state index >= 15 is 0 Å². The fourth-order valence-electron chi connectivity index (χ4n) is 7.85. The fraction of sp³-hybridized carbons (Fsp3) is 0.404. The van der Waals surface area contributed by atoms with Crippen LogP contribution < -0.4 is 31.1 Å². The summed E-state index contributed by atoms with van der Waals surface area (Å²) >= 11 is -1.48. The van der Waals surface area contributed by atoms with Gasteiger partial charge < -0.3 is 0 Å². The number of anilines is 4. The molecule has 0 fully saturated rings. The third-order valence-corrected chi connectivity index (χ3v) is 18.7. The molecule has 0 saturated heterocycles. The van der Waals surface area contributed by atoms with Crippen molar-refractivity contribution in [2.75, 3.05) is 72.2 Å². The Morgan fingerprint density at radius 1 is 0.594 bits per heavy atom. The number of nitrogens with one attached hydrogen (secondary N) is 4. The number of rotatable bonds is 14. The van der Waals surface area contributed by atoms with Crippen molar-refractivity contribution in [2.45, 2.75) is 75.5 Å². The fourth-order valence-corrected chi connectivity index (χ4v) is 14.5. The first kappa shape index (κ1) is 45.9. The van der Waals surface area contributed by atoms with Gasteiger partial charge in [-0.25, -0.2) is 16.8 Å². The number of benzene rings is 4. The Morgan fingerprint density at radius 3 is 1.42 bits per heavy atom. The number of nitrogens with zero attached hydrogens (tertiary/aromatic N) is 6. The summed E-state index contributed by atoms with van der Waals surface area (Å²) in [5.41, 5.74) is 4.80. The number of fused-ring (bicyclic) bond motifs is 4. The van der Waals surface area contributed by atoms with Gasteiger partial charge in [-0.15, -0.1) is 0 Å². The van der Waals surface area contributed by atoms with Crippen LogP contribution in [-0.4, -0.2) is 99.6 Å². The topological polar surface area (TPSA) is 174 Å². The second-order valence-corrected chi connectivity index (χ2v) is 28.1. The van der Waals surface area contributed by atoms with Crippen LogP contribution in [0.2, 0.25) is 0 Å². The zero-order chi connectivity index (χ0) is 45.4. The molecule has 0 unspecified atom stereocenters. The summed E-state index contributed by atoms with van der Waals surface area (Å²) in [6.45, 7) is 15.5. The van der Waals surface area contributed by atoms with Gasteiger partial charge in [-0.3, -0.25) is 0 Å². The molecule has 64 heavy (non-hydrogen) atoms. The predicted molar refractivity (Wildman–Crippen MR) is 269 cm³/mol. The number of sulfone groups is 2. The summed E-state index contributed by atoms with van der Waals surface area (Å²) in [7, 11) is -6.84. The summed E-state index contributed by atoms with van der Waals surface area (Å²) in [6.07, 6.45) is 0. The third kappa shape index (κ3) is 10.5. The van der Waals surface area contributed by atoms with E-state index in [0.29, 0.717) is 61.0 Å². The van der Waals surface area contributed by atoms with E-state index in [0.717, 1.165) is 64.8 Å². The number of alkyl halides is 3. The number of aromatic nitrogens is 4. The van der Waals surface area contributed by atoms with E-state index in [9.17, 15) is 16.8 Å². The second kappa shape index (κ2) is 18.3. The number of aryl methyl sites for hydroxylation is 2. The Balaban J connectivity index is 0.894. The first-order chi connectivity index (χ1) is 30.3. The minimum atomic E-state index is -3.42. The van der Waals surface area contributed by atoms with Crippen LogP contribution in [0.3, 0.4) is 0 Å². The Bertz CT molecular complexity index is 2730. The normalized spacial score (nSPS) is 16.5. The minimum absolute atomic E-state index is 0.00384. The van der Waals surface area contributed by atoms with Crippen molar-refractivity contribution < 1.29 is 16.8 Å². The monoisotopic (exact) mass is 1020 g/mol. The molecule has 4 N–H and O–H groups in total. The van der Waals surface area contributed by atoms with Crippen LogP contribution >= 0.6 is 19.8 Å². The molecule has 2 aliphatic heterocycles. The molecule has 17 heteroatoms. The van der Waals surface area contributed by atoms with Gasteiger partial charge in [-0.05, 0) is 12.1 Å². The third-order valence-electron chi connectivity index (χ3n) is 11.8. The van der Waals surface area contributed by atoms with Crippen molar-refractivity contribution in [3.8, 4) is 0 Å². The van der Waals surface area contributed by atoms with Gasteiger partial charge in [-0.1, -0.05) is 24.3 Å². The van der Waals surface area contributed by atoms with Gasteiger partial charge in [0.1, 0.15) is 0 Å². The van der Waals surface area contributed by atoms with E-state index in [-0.39, 0.29) is 22.6 Å². The first-order valence-electron chi connectivity index (χ1n) is 21.5. The Hall–Kier alpha value is -4.69. The average molecular weight is 1020 g/mol. The van der Waals surface area contributed by atoms with Gasteiger partial charge in [0.2, 0.25) is 0 Å². The summed E-state index contributed by atoms with van der Waals surface area (Å²) < 4.78 is 54.4. The predicted octanol–water partition coefficient (Wildman–Crippen LogP) is 7.09. The van der Waals surface area contributed by atoms with Gasteiger partial charge in [0.15, 0.2) is 0 Å². The van der Waals surface area contributed by atoms with Crippen molar-refractivity contribution in [3.05, 3.63) is 107 Å². The van der Waals surface area contributed by atoms with Gasteiger partial charge in [-0.2, -0.15) is 0 Å². The van der Waals surface area contributed by atoms with Crippen LogP contribution in [0.25, 0.3) is 21.8 Å². The molecule has 4 heterocycles. The van der Waals surface area contributed by atoms with Crippen LogP contribution in [0.1, 0.15) is 49.9 Å². The van der Waals surface area contributed by atoms with Crippen LogP contribution in [0.4, 0.5) is 23.5 Å². The van der Waals surface area contributed by atoms with Crippen LogP contribution in [0.5, 0.6) is 0 Å². The maximum atomic E-state index is 13.1. The molecule has 0 bridgehead atoms. The molecule has 8 rings (SSSR count). The van der Waals surface area contributed by atoms with Crippen molar-refractivity contribution in [1.82, 2.24) is 30.6 Å². The van der Waals surface area contributed by atoms with Crippen molar-refractivity contribution in [2.24, 2.45) is 0 Å². The van der Waals surface area contributed by atoms with Crippen molar-refractivity contribution >= 4 is 84.8 Å². The standard InChI is InChI=1S/C47H59IN10O4S2/c1-32-16-18-38-36(24-32)42(55-44(53-38)57-20-22-63(59,60)40-14-10-8-12-34(40)26-57)49-28-46(3,4)51-30-48(7)31-52-47(5,6)29-50-43-37-25-33(2)17-19-39(37)54-45(56-43)58-21-23-64(61,62)41-15-11-9-13-35(41)27-58/h8-19,24-25,51-52H,20-23,26-31H2,1-7H3,(H,49,53,55)(H,50,54,56). The van der Waals surface area contributed by atoms with E-state index in [1.807, 2.05) is 58.3 Å². The van der Waals surface area contributed by atoms with E-state index < -0.39 is 39.5 Å². The molecule has 4 aromatic carbocycles. The molecule has 0 amide bonds. The molecule has 0 saturated carbocycles. The van der Waals surface area contributed by atoms with E-state index in [4.69, 9.17) is 19.9 Å². The van der Waals surface area contributed by atoms with E-state index in [2.05, 4.69) is 79.9 Å². The summed E-state index contributed by atoms with van der Waals surface area (Å²) in [5.74, 6) is 2.46. The quantitative estimate of drug-likeness (QED) is 0.0495. The van der Waals surface area contributed by atoms with E-state index in [1.165, 1.54) is 0 Å². The molecule has 14 nitrogen and oxygen atoms in total. The van der Waals surface area contributed by atoms with Crippen LogP contribution in [-0.2, 0) is 32.8 Å². The summed E-state index contributed by atoms with van der Waals surface area (Å²) in [5, 5.41) is 16.8. The summed E-state index contributed by atoms with van der Waals surface area (Å²) in [6, 6.07) is 26.7. The Kier molecular flexibility index (Phi) is 13.1. The molecular formula is C47H59IN10O4S2. The average Bonchev–Trinajstić information content (AvgIpc) is 3.49. The molecule has 0 spiro atoms. The summed E-state index contributed by atoms with van der Waals surface area (Å²) in [4.78, 5) is 27.0. The zero-order valence-electron chi connectivity index (χ0n) is 37.7. The molecule has 0 radical (unpaired) electrons. The van der Waals surface area contributed by atoms with Crippen LogP contribution in [0, 0.1) is 13.8 Å². The number of halogens is 1. The molecule has 2 aromatic heterocycles. The van der Waals surface area contributed by atoms with Gasteiger partial charge in [0, 0.05) is 0 Å². The SMILES string of the molecule is Cc1ccc2nc(N3CCS(=O)(=O)c4ccccc4C3)nc(NCC(C)(C)NCI(C)CNC(C)(C)CNc3nc(N4CCS(=O)(=O)c5ccccc5C4)nc4ccc(C)cc34)c2c1. The number of hydrogen-bond donors (Lipinski definition) is 4. The second-order valence-electron chi connectivity index (χ2n) is 18.3. The van der Waals surface area contributed by atoms with Crippen LogP contribution in [0.15, 0.2) is 94.7 Å². The Morgan fingerprint density at radius 2 is 1.00 bits per heavy atom. The first-order valence-corrected chi connectivity index (χ1v) is 30.0. The van der Waals surface area contributed by atoms with Gasteiger partial charge in [0.25, 0.3) is 0 Å². The molecule has 0 atom stereocenters. The maximum absolute atomic E-state index is 13.1. The number of hydrogen-bond acceptors (Lipinski definition) is 14. The van der Waals surface area contributed by atoms with Gasteiger partial charge in [0.05, 0.1) is 0 Å². The van der Waals surface area contributed by atoms with Crippen molar-refractivity contribution in [3.63, 3.8) is 0 Å². The molecule has 0 aliphatic carbocycles. The van der Waals surface area contributed by atoms with Gasteiger partial charge >= 0.3 is 334 Å². The molecule has 340 valence electrons. The van der Waals surface area contributed by atoms with Crippen molar-refractivity contribution in [1.29, 1.82) is 0 Å². The molecule has 6 aromatic rings. The van der Waals surface area contributed by atoms with E-state index in [1.54, 1.807) is 24.3 Å². The zero-order valence-corrected chi connectivity index (χ0v) is 41.5.